The molecule has 1 aromatic carbocycles. The summed E-state index contributed by atoms with van der Waals surface area (Å²) in [6.07, 6.45) is 3.66. The fraction of sp³-hybridized carbons (Fsp3) is 0.471. The highest BCUT2D eigenvalue weighted by Gasteiger charge is 2.32. The predicted octanol–water partition coefficient (Wildman–Crippen LogP) is 1.23. The van der Waals surface area contributed by atoms with Gasteiger partial charge in [0.25, 0.3) is 11.5 Å². The van der Waals surface area contributed by atoms with Crippen LogP contribution < -0.4 is 5.56 Å². The molecule has 1 N–H and O–H groups in total. The number of hydrogen-bond donors (Lipinski definition) is 1. The van der Waals surface area contributed by atoms with Crippen LogP contribution in [0.5, 0.6) is 0 Å². The maximum absolute atomic E-state index is 12.9. The van der Waals surface area contributed by atoms with Gasteiger partial charge in [0.05, 0.1) is 5.39 Å². The van der Waals surface area contributed by atoms with Gasteiger partial charge in [0.15, 0.2) is 5.69 Å². The van der Waals surface area contributed by atoms with Crippen molar-refractivity contribution in [1.29, 1.82) is 0 Å². The molecule has 0 aliphatic carbocycles. The van der Waals surface area contributed by atoms with E-state index in [9.17, 15) is 9.59 Å². The number of nitrogens with one attached hydrogen (secondary N) is 1. The molecule has 1 unspecified atom stereocenters. The lowest BCUT2D eigenvalue weighted by Crippen LogP contribution is -2.56. The highest BCUT2D eigenvalue weighted by atomic mass is 16.2. The molecule has 2 saturated heterocycles. The Morgan fingerprint density at radius 1 is 1.13 bits per heavy atom. The van der Waals surface area contributed by atoms with E-state index in [-0.39, 0.29) is 11.5 Å². The zero-order valence-corrected chi connectivity index (χ0v) is 13.0. The summed E-state index contributed by atoms with van der Waals surface area (Å²) in [4.78, 5) is 29.2. The van der Waals surface area contributed by atoms with Crippen LogP contribution in [0.4, 0.5) is 0 Å². The van der Waals surface area contributed by atoms with Gasteiger partial charge in [-0.25, -0.2) is 5.10 Å². The van der Waals surface area contributed by atoms with Crippen molar-refractivity contribution < 1.29 is 4.79 Å². The van der Waals surface area contributed by atoms with Crippen molar-refractivity contribution in [3.63, 3.8) is 0 Å². The summed E-state index contributed by atoms with van der Waals surface area (Å²) in [6, 6.07) is 7.62. The molecule has 0 saturated carbocycles. The van der Waals surface area contributed by atoms with E-state index in [1.807, 2.05) is 11.0 Å². The Hall–Kier alpha value is -2.21. The first kappa shape index (κ1) is 14.4. The van der Waals surface area contributed by atoms with Crippen LogP contribution in [0.3, 0.4) is 0 Å². The lowest BCUT2D eigenvalue weighted by Gasteiger charge is -2.43. The first-order chi connectivity index (χ1) is 11.2. The standard InChI is InChI=1S/C17H20N4O2/c22-16-14-7-2-1-6-13(14)15(18-19-16)17(23)21-10-9-20-8-4-3-5-12(20)11-21/h1-2,6-7,12H,3-5,8-11H2,(H,19,22). The van der Waals surface area contributed by atoms with Crippen LogP contribution in [0.15, 0.2) is 29.1 Å². The summed E-state index contributed by atoms with van der Waals surface area (Å²) >= 11 is 0. The van der Waals surface area contributed by atoms with Gasteiger partial charge in [0, 0.05) is 31.1 Å². The quantitative estimate of drug-likeness (QED) is 0.860. The van der Waals surface area contributed by atoms with E-state index in [1.165, 1.54) is 12.8 Å². The number of carbonyl (C=O) groups is 1. The number of hydrogen-bond acceptors (Lipinski definition) is 4. The van der Waals surface area contributed by atoms with Crippen molar-refractivity contribution in [1.82, 2.24) is 20.0 Å². The molecule has 0 spiro atoms. The summed E-state index contributed by atoms with van der Waals surface area (Å²) in [5.74, 6) is -0.0809. The number of aromatic nitrogens is 2. The summed E-state index contributed by atoms with van der Waals surface area (Å²) in [6.45, 7) is 3.56. The van der Waals surface area contributed by atoms with Crippen molar-refractivity contribution in [2.45, 2.75) is 25.3 Å². The highest BCUT2D eigenvalue weighted by Crippen LogP contribution is 2.23. The van der Waals surface area contributed by atoms with Gasteiger partial charge in [-0.2, -0.15) is 5.10 Å². The van der Waals surface area contributed by atoms with Crippen LogP contribution in [-0.2, 0) is 0 Å². The molecule has 1 aromatic heterocycles. The molecule has 0 bridgehead atoms. The molecule has 23 heavy (non-hydrogen) atoms. The third-order valence-electron chi connectivity index (χ3n) is 5.02. The highest BCUT2D eigenvalue weighted by molar-refractivity contribution is 6.04. The molecule has 2 aliphatic heterocycles. The lowest BCUT2D eigenvalue weighted by atomic mass is 9.99. The van der Waals surface area contributed by atoms with Crippen molar-refractivity contribution in [2.75, 3.05) is 26.2 Å². The van der Waals surface area contributed by atoms with Crippen molar-refractivity contribution >= 4 is 16.7 Å². The molecule has 120 valence electrons. The number of carbonyl (C=O) groups excluding carboxylic acids is 1. The second kappa shape index (κ2) is 5.77. The average Bonchev–Trinajstić information content (AvgIpc) is 2.61. The Morgan fingerprint density at radius 2 is 1.96 bits per heavy atom. The van der Waals surface area contributed by atoms with E-state index in [4.69, 9.17) is 0 Å². The van der Waals surface area contributed by atoms with E-state index >= 15 is 0 Å². The average molecular weight is 312 g/mol. The summed E-state index contributed by atoms with van der Waals surface area (Å²) in [5.41, 5.74) is 0.0960. The fourth-order valence-corrected chi connectivity index (χ4v) is 3.77. The SMILES string of the molecule is O=C(c1n[nH]c(=O)c2ccccc12)N1CCN2CCCCC2C1. The minimum absolute atomic E-state index is 0.0809. The Morgan fingerprint density at radius 3 is 2.83 bits per heavy atom. The molecule has 6 heteroatoms. The van der Waals surface area contributed by atoms with Crippen LogP contribution in [0.1, 0.15) is 29.8 Å². The monoisotopic (exact) mass is 312 g/mol. The first-order valence-electron chi connectivity index (χ1n) is 8.25. The summed E-state index contributed by atoms with van der Waals surface area (Å²) in [7, 11) is 0. The van der Waals surface area contributed by atoms with Crippen LogP contribution in [0.2, 0.25) is 0 Å². The molecular formula is C17H20N4O2. The number of fused-ring (bicyclic) bond motifs is 2. The Labute approximate surface area is 134 Å². The fourth-order valence-electron chi connectivity index (χ4n) is 3.77. The van der Waals surface area contributed by atoms with Gasteiger partial charge in [-0.15, -0.1) is 0 Å². The van der Waals surface area contributed by atoms with E-state index < -0.39 is 0 Å². The van der Waals surface area contributed by atoms with Gasteiger partial charge in [-0.3, -0.25) is 14.5 Å². The number of benzene rings is 1. The number of nitrogens with zero attached hydrogens (tertiary/aromatic N) is 3. The number of amides is 1. The van der Waals surface area contributed by atoms with Crippen LogP contribution in [0.25, 0.3) is 10.8 Å². The number of H-pyrrole nitrogens is 1. The van der Waals surface area contributed by atoms with Gasteiger partial charge in [-0.05, 0) is 25.5 Å². The molecule has 0 radical (unpaired) electrons. The van der Waals surface area contributed by atoms with Gasteiger partial charge < -0.3 is 4.90 Å². The molecular weight excluding hydrogens is 292 g/mol. The van der Waals surface area contributed by atoms with Crippen molar-refractivity contribution in [3.05, 3.63) is 40.3 Å². The van der Waals surface area contributed by atoms with Crippen molar-refractivity contribution in [2.24, 2.45) is 0 Å². The Balaban J connectivity index is 1.65. The second-order valence-corrected chi connectivity index (χ2v) is 6.38. The topological polar surface area (TPSA) is 69.3 Å². The third-order valence-corrected chi connectivity index (χ3v) is 5.02. The predicted molar refractivity (Wildman–Crippen MR) is 87.5 cm³/mol. The number of aromatic amines is 1. The smallest absolute Gasteiger partial charge is 0.275 e. The maximum atomic E-state index is 12.9. The molecule has 2 aliphatic rings. The largest absolute Gasteiger partial charge is 0.334 e. The minimum Gasteiger partial charge on any atom is -0.334 e. The van der Waals surface area contributed by atoms with E-state index in [1.54, 1.807) is 18.2 Å². The Kier molecular flexibility index (Phi) is 3.61. The summed E-state index contributed by atoms with van der Waals surface area (Å²) in [5, 5.41) is 7.65. The maximum Gasteiger partial charge on any atom is 0.275 e. The second-order valence-electron chi connectivity index (χ2n) is 6.38. The zero-order chi connectivity index (χ0) is 15.8. The van der Waals surface area contributed by atoms with E-state index in [0.717, 1.165) is 32.6 Å². The van der Waals surface area contributed by atoms with Gasteiger partial charge in [0.2, 0.25) is 0 Å². The third kappa shape index (κ3) is 2.53. The molecule has 2 aromatic rings. The lowest BCUT2D eigenvalue weighted by molar-refractivity contribution is 0.0369. The van der Waals surface area contributed by atoms with Gasteiger partial charge in [0.1, 0.15) is 0 Å². The number of piperidine rings is 1. The molecule has 2 fully saturated rings. The van der Waals surface area contributed by atoms with Gasteiger partial charge in [-0.1, -0.05) is 24.6 Å². The van der Waals surface area contributed by atoms with Gasteiger partial charge >= 0.3 is 0 Å². The molecule has 1 atom stereocenters. The van der Waals surface area contributed by atoms with Crippen molar-refractivity contribution in [3.8, 4) is 0 Å². The van der Waals surface area contributed by atoms with Crippen LogP contribution in [-0.4, -0.2) is 58.1 Å². The molecule has 4 rings (SSSR count). The zero-order valence-electron chi connectivity index (χ0n) is 13.0. The van der Waals surface area contributed by atoms with Crippen LogP contribution in [0, 0.1) is 0 Å². The van der Waals surface area contributed by atoms with Crippen LogP contribution >= 0.6 is 0 Å². The number of piperazine rings is 1. The van der Waals surface area contributed by atoms with E-state index in [2.05, 4.69) is 15.1 Å². The molecule has 6 nitrogen and oxygen atoms in total. The van der Waals surface area contributed by atoms with E-state index in [0.29, 0.717) is 22.5 Å². The molecule has 3 heterocycles. The Bertz CT molecular complexity index is 801. The normalized spacial score (nSPS) is 22.1. The minimum atomic E-state index is -0.255. The first-order valence-corrected chi connectivity index (χ1v) is 8.25. The molecule has 1 amide bonds. The number of rotatable bonds is 1. The summed E-state index contributed by atoms with van der Waals surface area (Å²) < 4.78 is 0.